The van der Waals surface area contributed by atoms with Gasteiger partial charge in [0.2, 0.25) is 0 Å². The van der Waals surface area contributed by atoms with Crippen LogP contribution in [-0.2, 0) is 0 Å². The number of nitrogens with zero attached hydrogens (tertiary/aromatic N) is 5. The van der Waals surface area contributed by atoms with Crippen molar-refractivity contribution in [3.63, 3.8) is 0 Å². The van der Waals surface area contributed by atoms with Crippen LogP contribution in [0, 0.1) is 11.3 Å². The molecule has 57 heavy (non-hydrogen) atoms. The van der Waals surface area contributed by atoms with Crippen LogP contribution in [0.1, 0.15) is 5.56 Å². The standard InChI is InChI=1S/C51H29N5S/c52-30-32-29-34(27-28-35(32)48-47(31-15-3-1-4-16-31)53-39-22-10-11-23-40(39)54-48)56-41-24-12-7-19-36(41)44-45-38-21-9-14-26-43(38)57-51(45)50-46(49(44)56)37-20-8-13-25-42(37)55(50)33-17-5-2-6-18-33/h1-29H. The number of fused-ring (bicyclic) bond motifs is 13. The zero-order valence-electron chi connectivity index (χ0n) is 30.4. The second kappa shape index (κ2) is 12.2. The maximum absolute atomic E-state index is 11.0. The van der Waals surface area contributed by atoms with E-state index in [0.717, 1.165) is 55.8 Å². The molecule has 0 spiro atoms. The molecular weight excluding hydrogens is 715 g/mol. The molecule has 0 aliphatic carbocycles. The summed E-state index contributed by atoms with van der Waals surface area (Å²) in [4.78, 5) is 10.3. The number of benzene rings is 8. The molecule has 0 bridgehead atoms. The highest BCUT2D eigenvalue weighted by molar-refractivity contribution is 7.27. The molecule has 0 unspecified atom stereocenters. The quantitative estimate of drug-likeness (QED) is 0.180. The summed E-state index contributed by atoms with van der Waals surface area (Å²) in [5.74, 6) is 0. The third kappa shape index (κ3) is 4.55. The lowest BCUT2D eigenvalue weighted by Gasteiger charge is -2.15. The Bertz CT molecular complexity index is 3640. The molecule has 0 N–H and O–H groups in total. The Kier molecular flexibility index (Phi) is 6.80. The third-order valence-corrected chi connectivity index (χ3v) is 12.5. The lowest BCUT2D eigenvalue weighted by atomic mass is 9.99. The van der Waals surface area contributed by atoms with E-state index in [4.69, 9.17) is 9.97 Å². The molecule has 0 atom stereocenters. The van der Waals surface area contributed by atoms with Crippen LogP contribution in [0.15, 0.2) is 176 Å². The largest absolute Gasteiger partial charge is 0.308 e. The highest BCUT2D eigenvalue weighted by atomic mass is 32.1. The van der Waals surface area contributed by atoms with E-state index in [-0.39, 0.29) is 0 Å². The van der Waals surface area contributed by atoms with Crippen LogP contribution < -0.4 is 0 Å². The van der Waals surface area contributed by atoms with E-state index in [1.54, 1.807) is 0 Å². The van der Waals surface area contributed by atoms with E-state index in [2.05, 4.69) is 130 Å². The number of aromatic nitrogens is 4. The van der Waals surface area contributed by atoms with Crippen molar-refractivity contribution in [3.8, 4) is 40.0 Å². The van der Waals surface area contributed by atoms with E-state index < -0.39 is 0 Å². The molecule has 0 amide bonds. The average Bonchev–Trinajstić information content (AvgIpc) is 3.94. The summed E-state index contributed by atoms with van der Waals surface area (Å²) in [6.07, 6.45) is 0. The first kappa shape index (κ1) is 31.7. The first-order valence-corrected chi connectivity index (χ1v) is 19.8. The normalized spacial score (nSPS) is 11.8. The molecule has 12 rings (SSSR count). The molecule has 12 aromatic rings. The van der Waals surface area contributed by atoms with Crippen LogP contribution >= 0.6 is 11.3 Å². The first-order valence-electron chi connectivity index (χ1n) is 19.0. The Morgan fingerprint density at radius 1 is 0.474 bits per heavy atom. The number of hydrogen-bond acceptors (Lipinski definition) is 4. The Balaban J connectivity index is 1.24. The van der Waals surface area contributed by atoms with Crippen molar-refractivity contribution >= 4 is 86.2 Å². The maximum atomic E-state index is 11.0. The van der Waals surface area contributed by atoms with Gasteiger partial charge >= 0.3 is 0 Å². The van der Waals surface area contributed by atoms with Gasteiger partial charge < -0.3 is 9.13 Å². The summed E-state index contributed by atoms with van der Waals surface area (Å²) in [7, 11) is 0. The van der Waals surface area contributed by atoms with Gasteiger partial charge in [-0.3, -0.25) is 0 Å². The van der Waals surface area contributed by atoms with Crippen LogP contribution in [0.5, 0.6) is 0 Å². The van der Waals surface area contributed by atoms with Gasteiger partial charge in [-0.2, -0.15) is 5.26 Å². The Morgan fingerprint density at radius 3 is 1.77 bits per heavy atom. The van der Waals surface area contributed by atoms with Crippen LogP contribution in [0.2, 0.25) is 0 Å². The van der Waals surface area contributed by atoms with E-state index in [1.807, 2.05) is 72.0 Å². The third-order valence-electron chi connectivity index (χ3n) is 11.3. The number of nitriles is 1. The Hall–Kier alpha value is -7.59. The summed E-state index contributed by atoms with van der Waals surface area (Å²) in [6.45, 7) is 0. The second-order valence-electron chi connectivity index (χ2n) is 14.4. The second-order valence-corrected chi connectivity index (χ2v) is 15.5. The minimum absolute atomic E-state index is 0.533. The minimum atomic E-state index is 0.533. The van der Waals surface area contributed by atoms with Crippen LogP contribution in [0.3, 0.4) is 0 Å². The lowest BCUT2D eigenvalue weighted by Crippen LogP contribution is -2.00. The molecule has 6 heteroatoms. The van der Waals surface area contributed by atoms with Crippen molar-refractivity contribution in [2.24, 2.45) is 0 Å². The van der Waals surface area contributed by atoms with E-state index in [1.165, 1.54) is 47.2 Å². The van der Waals surface area contributed by atoms with Crippen molar-refractivity contribution in [2.75, 3.05) is 0 Å². The molecule has 8 aromatic carbocycles. The highest BCUT2D eigenvalue weighted by Crippen LogP contribution is 2.51. The molecule has 0 saturated carbocycles. The Labute approximate surface area is 330 Å². The monoisotopic (exact) mass is 743 g/mol. The first-order chi connectivity index (χ1) is 28.3. The molecule has 0 fully saturated rings. The highest BCUT2D eigenvalue weighted by Gasteiger charge is 2.27. The van der Waals surface area contributed by atoms with Crippen LogP contribution in [-0.4, -0.2) is 19.1 Å². The molecule has 0 aliphatic heterocycles. The van der Waals surface area contributed by atoms with Gasteiger partial charge in [-0.25, -0.2) is 9.97 Å². The van der Waals surface area contributed by atoms with Gasteiger partial charge in [0.25, 0.3) is 0 Å². The van der Waals surface area contributed by atoms with Crippen LogP contribution in [0.25, 0.3) is 109 Å². The maximum Gasteiger partial charge on any atom is 0.0999 e. The van der Waals surface area contributed by atoms with Gasteiger partial charge in [-0.05, 0) is 60.7 Å². The van der Waals surface area contributed by atoms with Gasteiger partial charge in [0.05, 0.1) is 60.8 Å². The van der Waals surface area contributed by atoms with E-state index >= 15 is 0 Å². The summed E-state index contributed by atoms with van der Waals surface area (Å²) in [5, 5.41) is 18.2. The van der Waals surface area contributed by atoms with Gasteiger partial charge in [0.15, 0.2) is 0 Å². The van der Waals surface area contributed by atoms with Gasteiger partial charge in [0, 0.05) is 59.5 Å². The summed E-state index contributed by atoms with van der Waals surface area (Å²) in [6, 6.07) is 63.8. The zero-order chi connectivity index (χ0) is 37.6. The minimum Gasteiger partial charge on any atom is -0.308 e. The zero-order valence-corrected chi connectivity index (χ0v) is 31.2. The number of rotatable bonds is 4. The SMILES string of the molecule is N#Cc1cc(-n2c3ccccc3c3c4c5ccccc5sc4c4c(c5ccccc5n4-c4ccccc4)c32)ccc1-c1nc2ccccc2nc1-c1ccccc1. The van der Waals surface area contributed by atoms with Gasteiger partial charge in [-0.1, -0.05) is 115 Å². The predicted molar refractivity (Wildman–Crippen MR) is 237 cm³/mol. The Morgan fingerprint density at radius 2 is 1.05 bits per heavy atom. The van der Waals surface area contributed by atoms with Crippen molar-refractivity contribution in [1.29, 1.82) is 5.26 Å². The molecule has 4 aromatic heterocycles. The van der Waals surface area contributed by atoms with Gasteiger partial charge in [-0.15, -0.1) is 11.3 Å². The molecule has 0 aliphatic rings. The summed E-state index contributed by atoms with van der Waals surface area (Å²) >= 11 is 1.86. The number of thiophene rings is 1. The number of para-hydroxylation sites is 5. The smallest absolute Gasteiger partial charge is 0.0999 e. The summed E-state index contributed by atoms with van der Waals surface area (Å²) < 4.78 is 7.34. The van der Waals surface area contributed by atoms with Crippen molar-refractivity contribution in [1.82, 2.24) is 19.1 Å². The molecule has 0 saturated heterocycles. The molecule has 5 nitrogen and oxygen atoms in total. The fraction of sp³-hybridized carbons (Fsp3) is 0. The fourth-order valence-electron chi connectivity index (χ4n) is 8.95. The van der Waals surface area contributed by atoms with Crippen molar-refractivity contribution in [2.45, 2.75) is 0 Å². The molecule has 0 radical (unpaired) electrons. The average molecular weight is 744 g/mol. The summed E-state index contributed by atoms with van der Waals surface area (Å²) in [5.41, 5.74) is 11.8. The fourth-order valence-corrected chi connectivity index (χ4v) is 10.2. The topological polar surface area (TPSA) is 59.4 Å². The molecule has 264 valence electrons. The van der Waals surface area contributed by atoms with Crippen molar-refractivity contribution in [3.05, 3.63) is 181 Å². The van der Waals surface area contributed by atoms with Crippen molar-refractivity contribution < 1.29 is 0 Å². The predicted octanol–water partition coefficient (Wildman–Crippen LogP) is 13.4. The van der Waals surface area contributed by atoms with Crippen LogP contribution in [0.4, 0.5) is 0 Å². The molecule has 4 heterocycles. The molecular formula is C51H29N5S. The van der Waals surface area contributed by atoms with E-state index in [9.17, 15) is 5.26 Å². The van der Waals surface area contributed by atoms with Gasteiger partial charge in [0.1, 0.15) is 0 Å². The lowest BCUT2D eigenvalue weighted by molar-refractivity contribution is 1.18. The number of hydrogen-bond donors (Lipinski definition) is 0. The van der Waals surface area contributed by atoms with E-state index in [0.29, 0.717) is 11.3 Å².